The zero-order valence-electron chi connectivity index (χ0n) is 9.59. The maximum absolute atomic E-state index is 11.8. The number of nitrogens with zero attached hydrogens (tertiary/aromatic N) is 2. The number of hydrazone groups is 1. The molecule has 1 aromatic carbocycles. The maximum Gasteiger partial charge on any atom is 0.296 e. The van der Waals surface area contributed by atoms with Crippen LogP contribution in [-0.4, -0.2) is 24.6 Å². The topological polar surface area (TPSA) is 87.0 Å². The normalized spacial score (nSPS) is 15.9. The van der Waals surface area contributed by atoms with Crippen molar-refractivity contribution in [2.45, 2.75) is 18.2 Å². The van der Waals surface area contributed by atoms with Gasteiger partial charge < -0.3 is 0 Å². The van der Waals surface area contributed by atoms with Crippen LogP contribution in [0.4, 0.5) is 5.69 Å². The molecular weight excluding hydrogens is 404 g/mol. The van der Waals surface area contributed by atoms with E-state index in [1.807, 2.05) is 0 Å². The van der Waals surface area contributed by atoms with Crippen LogP contribution in [0.1, 0.15) is 13.3 Å². The van der Waals surface area contributed by atoms with E-state index >= 15 is 0 Å². The van der Waals surface area contributed by atoms with E-state index in [4.69, 9.17) is 0 Å². The number of amides is 1. The second-order valence-electron chi connectivity index (χ2n) is 3.90. The van der Waals surface area contributed by atoms with Gasteiger partial charge in [0.15, 0.2) is 0 Å². The molecule has 0 saturated heterocycles. The molecule has 0 bridgehead atoms. The minimum Gasteiger partial charge on any atom is -0.282 e. The maximum atomic E-state index is 11.8. The smallest absolute Gasteiger partial charge is 0.282 e. The lowest BCUT2D eigenvalue weighted by Gasteiger charge is -2.16. The zero-order valence-corrected chi connectivity index (χ0v) is 13.6. The third-order valence-electron chi connectivity index (χ3n) is 2.43. The predicted octanol–water partition coefficient (Wildman–Crippen LogP) is 2.57. The molecular formula is C10H8Br2N2O4S. The summed E-state index contributed by atoms with van der Waals surface area (Å²) < 4.78 is 32.2. The molecule has 6 nitrogen and oxygen atoms in total. The first-order chi connectivity index (χ1) is 8.71. The number of carbonyl (C=O) groups excluding carboxylic acids is 1. The van der Waals surface area contributed by atoms with E-state index in [1.165, 1.54) is 12.1 Å². The first-order valence-corrected chi connectivity index (χ1v) is 8.07. The van der Waals surface area contributed by atoms with Crippen molar-refractivity contribution in [3.63, 3.8) is 0 Å². The predicted molar refractivity (Wildman–Crippen MR) is 76.9 cm³/mol. The van der Waals surface area contributed by atoms with Gasteiger partial charge >= 0.3 is 0 Å². The first-order valence-electron chi connectivity index (χ1n) is 5.04. The van der Waals surface area contributed by atoms with Crippen LogP contribution < -0.4 is 5.01 Å². The number of carbonyl (C=O) groups is 1. The first kappa shape index (κ1) is 14.6. The number of anilines is 1. The van der Waals surface area contributed by atoms with Gasteiger partial charge in [0.1, 0.15) is 4.90 Å². The quantitative estimate of drug-likeness (QED) is 0.757. The van der Waals surface area contributed by atoms with Crippen molar-refractivity contribution in [2.24, 2.45) is 5.10 Å². The van der Waals surface area contributed by atoms with E-state index < -0.39 is 10.1 Å². The number of hydrogen-bond donors (Lipinski definition) is 1. The van der Waals surface area contributed by atoms with Crippen LogP contribution in [-0.2, 0) is 14.9 Å². The Kier molecular flexibility index (Phi) is 3.83. The SMILES string of the molecule is CC1=NN(c2ccc(Br)c(S(=O)(=O)O)c2Br)C(=O)C1. The molecule has 0 atom stereocenters. The molecule has 0 fully saturated rings. The molecule has 1 N–H and O–H groups in total. The average molecular weight is 412 g/mol. The van der Waals surface area contributed by atoms with Crippen LogP contribution in [0.5, 0.6) is 0 Å². The monoisotopic (exact) mass is 410 g/mol. The van der Waals surface area contributed by atoms with Crippen molar-refractivity contribution in [2.75, 3.05) is 5.01 Å². The number of benzene rings is 1. The number of halogens is 2. The fraction of sp³-hybridized carbons (Fsp3) is 0.200. The van der Waals surface area contributed by atoms with Gasteiger partial charge in [-0.05, 0) is 50.9 Å². The second-order valence-corrected chi connectivity index (χ2v) is 6.91. The summed E-state index contributed by atoms with van der Waals surface area (Å²) in [5.74, 6) is -0.262. The van der Waals surface area contributed by atoms with Gasteiger partial charge in [-0.25, -0.2) is 0 Å². The summed E-state index contributed by atoms with van der Waals surface area (Å²) in [7, 11) is -4.43. The van der Waals surface area contributed by atoms with Gasteiger partial charge in [-0.2, -0.15) is 18.5 Å². The molecule has 102 valence electrons. The highest BCUT2D eigenvalue weighted by atomic mass is 79.9. The van der Waals surface area contributed by atoms with Crippen molar-refractivity contribution >= 4 is 59.3 Å². The Morgan fingerprint density at radius 1 is 1.37 bits per heavy atom. The summed E-state index contributed by atoms with van der Waals surface area (Å²) in [5.41, 5.74) is 0.894. The summed E-state index contributed by atoms with van der Waals surface area (Å²) in [6, 6.07) is 2.96. The molecule has 0 spiro atoms. The van der Waals surface area contributed by atoms with Crippen LogP contribution in [0.2, 0.25) is 0 Å². The molecule has 2 rings (SSSR count). The minimum absolute atomic E-state index is 0.0798. The molecule has 9 heteroatoms. The van der Waals surface area contributed by atoms with Crippen molar-refractivity contribution in [1.82, 2.24) is 0 Å². The van der Waals surface area contributed by atoms with Crippen LogP contribution in [0.3, 0.4) is 0 Å². The largest absolute Gasteiger partial charge is 0.296 e. The van der Waals surface area contributed by atoms with Gasteiger partial charge in [0.05, 0.1) is 16.6 Å². The lowest BCUT2D eigenvalue weighted by Crippen LogP contribution is -2.20. The van der Waals surface area contributed by atoms with E-state index in [2.05, 4.69) is 37.0 Å². The standard InChI is InChI=1S/C10H8Br2N2O4S/c1-5-4-8(15)14(13-5)7-3-2-6(11)10(9(7)12)19(16,17)18/h2-3H,4H2,1H3,(H,16,17,18). The number of hydrogen-bond acceptors (Lipinski definition) is 4. The van der Waals surface area contributed by atoms with E-state index in [0.717, 1.165) is 5.01 Å². The summed E-state index contributed by atoms with van der Waals surface area (Å²) in [4.78, 5) is 11.4. The molecule has 1 aromatic rings. The zero-order chi connectivity index (χ0) is 14.4. The average Bonchev–Trinajstić information content (AvgIpc) is 2.56. The summed E-state index contributed by atoms with van der Waals surface area (Å²) in [6.45, 7) is 1.70. The summed E-state index contributed by atoms with van der Waals surface area (Å²) in [6.07, 6.45) is 0.184. The third kappa shape index (κ3) is 2.73. The minimum atomic E-state index is -4.43. The highest BCUT2D eigenvalue weighted by molar-refractivity contribution is 9.11. The van der Waals surface area contributed by atoms with Crippen LogP contribution in [0.25, 0.3) is 0 Å². The van der Waals surface area contributed by atoms with Gasteiger partial charge in [-0.15, -0.1) is 0 Å². The fourth-order valence-corrected chi connectivity index (χ4v) is 4.65. The van der Waals surface area contributed by atoms with Crippen molar-refractivity contribution in [3.8, 4) is 0 Å². The molecule has 0 saturated carbocycles. The third-order valence-corrected chi connectivity index (χ3v) is 5.36. The van der Waals surface area contributed by atoms with Gasteiger partial charge in [0.25, 0.3) is 16.0 Å². The molecule has 0 aromatic heterocycles. The van der Waals surface area contributed by atoms with E-state index in [-0.39, 0.29) is 31.9 Å². The molecule has 0 radical (unpaired) electrons. The molecule has 1 aliphatic rings. The summed E-state index contributed by atoms with van der Waals surface area (Å²) >= 11 is 6.14. The fourth-order valence-electron chi connectivity index (χ4n) is 1.67. The van der Waals surface area contributed by atoms with Crippen LogP contribution >= 0.6 is 31.9 Å². The van der Waals surface area contributed by atoms with Gasteiger partial charge in [-0.1, -0.05) is 0 Å². The highest BCUT2D eigenvalue weighted by Crippen LogP contribution is 2.38. The van der Waals surface area contributed by atoms with Crippen molar-refractivity contribution in [1.29, 1.82) is 0 Å². The Morgan fingerprint density at radius 2 is 2.00 bits per heavy atom. The Morgan fingerprint density at radius 3 is 2.47 bits per heavy atom. The van der Waals surface area contributed by atoms with Crippen LogP contribution in [0.15, 0.2) is 31.1 Å². The van der Waals surface area contributed by atoms with Gasteiger partial charge in [0, 0.05) is 10.2 Å². The highest BCUT2D eigenvalue weighted by Gasteiger charge is 2.28. The molecule has 1 aliphatic heterocycles. The van der Waals surface area contributed by atoms with E-state index in [1.54, 1.807) is 6.92 Å². The molecule has 0 unspecified atom stereocenters. The van der Waals surface area contributed by atoms with Gasteiger partial charge in [0.2, 0.25) is 0 Å². The van der Waals surface area contributed by atoms with Gasteiger partial charge in [-0.3, -0.25) is 9.35 Å². The molecule has 1 heterocycles. The summed E-state index contributed by atoms with van der Waals surface area (Å²) in [5, 5.41) is 5.14. The van der Waals surface area contributed by atoms with Crippen LogP contribution in [0, 0.1) is 0 Å². The second kappa shape index (κ2) is 4.97. The lowest BCUT2D eigenvalue weighted by atomic mass is 10.3. The van der Waals surface area contributed by atoms with Crippen molar-refractivity contribution in [3.05, 3.63) is 21.1 Å². The molecule has 0 aliphatic carbocycles. The Bertz CT molecular complexity index is 700. The van der Waals surface area contributed by atoms with E-state index in [0.29, 0.717) is 5.71 Å². The Hall–Kier alpha value is -0.770. The number of rotatable bonds is 2. The Labute approximate surface area is 126 Å². The molecule has 1 amide bonds. The molecule has 19 heavy (non-hydrogen) atoms. The van der Waals surface area contributed by atoms with Crippen molar-refractivity contribution < 1.29 is 17.8 Å². The Balaban J connectivity index is 2.65. The van der Waals surface area contributed by atoms with E-state index in [9.17, 15) is 17.8 Å². The lowest BCUT2D eigenvalue weighted by molar-refractivity contribution is -0.116.